The number of benzene rings is 2. The van der Waals surface area contributed by atoms with Crippen LogP contribution >= 0.6 is 24.0 Å². The van der Waals surface area contributed by atoms with Gasteiger partial charge < -0.3 is 24.5 Å². The zero-order chi connectivity index (χ0) is 22.1. The van der Waals surface area contributed by atoms with Gasteiger partial charge in [0.05, 0.1) is 19.3 Å². The second-order valence-corrected chi connectivity index (χ2v) is 6.77. The summed E-state index contributed by atoms with van der Waals surface area (Å²) in [6.07, 6.45) is 6.93. The molecule has 1 heterocycles. The maximum absolute atomic E-state index is 5.60. The number of terminal acetylenes is 1. The van der Waals surface area contributed by atoms with Crippen LogP contribution in [-0.2, 0) is 13.1 Å². The molecule has 0 saturated carbocycles. The molecule has 8 heteroatoms. The lowest BCUT2D eigenvalue weighted by molar-refractivity contribution is 0.330. The molecule has 0 amide bonds. The molecule has 0 bridgehead atoms. The number of aryl methyl sites for hydroxylation is 1. The summed E-state index contributed by atoms with van der Waals surface area (Å²) in [5, 5.41) is 6.50. The number of hydrogen-bond donors (Lipinski definition) is 2. The number of rotatable bonds is 8. The molecule has 0 radical (unpaired) electrons. The molecule has 0 aliphatic carbocycles. The van der Waals surface area contributed by atoms with Gasteiger partial charge in [0.15, 0.2) is 17.5 Å². The molecule has 2 N–H and O–H groups in total. The van der Waals surface area contributed by atoms with Crippen LogP contribution in [0.4, 0.5) is 0 Å². The Morgan fingerprint density at radius 3 is 2.56 bits per heavy atom. The van der Waals surface area contributed by atoms with E-state index in [1.54, 1.807) is 20.4 Å². The van der Waals surface area contributed by atoms with Crippen molar-refractivity contribution in [3.63, 3.8) is 0 Å². The van der Waals surface area contributed by atoms with Gasteiger partial charge in [0.1, 0.15) is 12.9 Å². The van der Waals surface area contributed by atoms with Crippen LogP contribution in [0.3, 0.4) is 0 Å². The average molecular weight is 546 g/mol. The maximum atomic E-state index is 5.60. The van der Waals surface area contributed by atoms with Crippen molar-refractivity contribution in [3.05, 3.63) is 65.5 Å². The van der Waals surface area contributed by atoms with Crippen molar-refractivity contribution >= 4 is 29.9 Å². The van der Waals surface area contributed by atoms with Gasteiger partial charge >= 0.3 is 0 Å². The largest absolute Gasteiger partial charge is 0.493 e. The van der Waals surface area contributed by atoms with Crippen LogP contribution in [0.5, 0.6) is 11.5 Å². The van der Waals surface area contributed by atoms with Gasteiger partial charge in [0.2, 0.25) is 5.89 Å². The van der Waals surface area contributed by atoms with Gasteiger partial charge in [-0.1, -0.05) is 29.7 Å². The Kier molecular flexibility index (Phi) is 9.88. The lowest BCUT2D eigenvalue weighted by atomic mass is 10.1. The zero-order valence-electron chi connectivity index (χ0n) is 18.3. The third kappa shape index (κ3) is 6.92. The van der Waals surface area contributed by atoms with Gasteiger partial charge in [-0.15, -0.1) is 30.4 Å². The van der Waals surface area contributed by atoms with E-state index in [0.717, 1.165) is 16.8 Å². The van der Waals surface area contributed by atoms with E-state index >= 15 is 0 Å². The molecular weight excluding hydrogens is 519 g/mol. The topological polar surface area (TPSA) is 80.9 Å². The molecule has 168 valence electrons. The fourth-order valence-electron chi connectivity index (χ4n) is 2.86. The highest BCUT2D eigenvalue weighted by Crippen LogP contribution is 2.28. The van der Waals surface area contributed by atoms with Gasteiger partial charge in [-0.05, 0) is 36.8 Å². The van der Waals surface area contributed by atoms with Crippen LogP contribution in [0, 0.1) is 19.3 Å². The molecule has 0 unspecified atom stereocenters. The Morgan fingerprint density at radius 2 is 1.88 bits per heavy atom. The minimum Gasteiger partial charge on any atom is -0.493 e. The quantitative estimate of drug-likeness (QED) is 0.191. The number of aliphatic imine (C=N–C) groups is 1. The Morgan fingerprint density at radius 1 is 1.12 bits per heavy atom. The van der Waals surface area contributed by atoms with Crippen LogP contribution in [0.25, 0.3) is 11.5 Å². The van der Waals surface area contributed by atoms with E-state index in [1.807, 2.05) is 49.4 Å². The molecule has 0 atom stereocenters. The number of nitrogens with zero attached hydrogens (tertiary/aromatic N) is 2. The fourth-order valence-corrected chi connectivity index (χ4v) is 2.86. The van der Waals surface area contributed by atoms with E-state index in [0.29, 0.717) is 36.4 Å². The van der Waals surface area contributed by atoms with E-state index in [4.69, 9.17) is 20.3 Å². The first-order valence-corrected chi connectivity index (χ1v) is 9.82. The maximum Gasteiger partial charge on any atom is 0.226 e. The number of hydrogen-bond acceptors (Lipinski definition) is 5. The standard InChI is InChI=1S/C24H26N4O3.HI/c1-5-12-30-22-13-18(8-11-21(22)29-4)14-26-24(25-3)27-15-20-16-31-23(28-20)19-9-6-17(2)7-10-19;/h1,6-11,13,16H,12,14-15H2,2-4H3,(H2,25,26,27);1H. The molecule has 0 aliphatic rings. The third-order valence-corrected chi connectivity index (χ3v) is 4.51. The number of ether oxygens (including phenoxy) is 2. The summed E-state index contributed by atoms with van der Waals surface area (Å²) in [5.41, 5.74) is 3.92. The minimum atomic E-state index is 0. The minimum absolute atomic E-state index is 0. The van der Waals surface area contributed by atoms with Crippen LogP contribution in [0.15, 0.2) is 58.1 Å². The van der Waals surface area contributed by atoms with Gasteiger partial charge in [-0.2, -0.15) is 0 Å². The van der Waals surface area contributed by atoms with E-state index < -0.39 is 0 Å². The predicted molar refractivity (Wildman–Crippen MR) is 136 cm³/mol. The van der Waals surface area contributed by atoms with E-state index in [2.05, 4.69) is 26.5 Å². The van der Waals surface area contributed by atoms with E-state index in [1.165, 1.54) is 5.56 Å². The summed E-state index contributed by atoms with van der Waals surface area (Å²) in [6.45, 7) is 3.25. The van der Waals surface area contributed by atoms with Crippen molar-refractivity contribution in [1.29, 1.82) is 0 Å². The third-order valence-electron chi connectivity index (χ3n) is 4.51. The van der Waals surface area contributed by atoms with Crippen molar-refractivity contribution in [2.45, 2.75) is 20.0 Å². The van der Waals surface area contributed by atoms with Crippen molar-refractivity contribution in [1.82, 2.24) is 15.6 Å². The predicted octanol–water partition coefficient (Wildman–Crippen LogP) is 4.15. The molecule has 3 rings (SSSR count). The summed E-state index contributed by atoms with van der Waals surface area (Å²) in [5.74, 6) is 4.93. The number of halogens is 1. The number of guanidine groups is 1. The molecule has 2 aromatic carbocycles. The van der Waals surface area contributed by atoms with Gasteiger partial charge in [-0.3, -0.25) is 4.99 Å². The number of methoxy groups -OCH3 is 1. The van der Waals surface area contributed by atoms with Crippen LogP contribution in [0.2, 0.25) is 0 Å². The van der Waals surface area contributed by atoms with Crippen LogP contribution in [0.1, 0.15) is 16.8 Å². The normalized spacial score (nSPS) is 10.6. The first-order valence-electron chi connectivity index (χ1n) is 9.82. The first-order chi connectivity index (χ1) is 15.1. The smallest absolute Gasteiger partial charge is 0.226 e. The second-order valence-electron chi connectivity index (χ2n) is 6.77. The van der Waals surface area contributed by atoms with Gasteiger partial charge in [-0.25, -0.2) is 4.98 Å². The highest BCUT2D eigenvalue weighted by Gasteiger charge is 2.09. The highest BCUT2D eigenvalue weighted by molar-refractivity contribution is 14.0. The van der Waals surface area contributed by atoms with Crippen molar-refractivity contribution in [2.75, 3.05) is 20.8 Å². The molecule has 3 aromatic rings. The Labute approximate surface area is 205 Å². The second kappa shape index (κ2) is 12.6. The van der Waals surface area contributed by atoms with Crippen molar-refractivity contribution < 1.29 is 13.9 Å². The molecular formula is C24H27IN4O3. The van der Waals surface area contributed by atoms with Gasteiger partial charge in [0, 0.05) is 19.2 Å². The molecule has 0 aliphatic heterocycles. The molecule has 0 saturated heterocycles. The lowest BCUT2D eigenvalue weighted by Gasteiger charge is -2.13. The highest BCUT2D eigenvalue weighted by atomic mass is 127. The SMILES string of the molecule is C#CCOc1cc(CNC(=NC)NCc2coc(-c3ccc(C)cc3)n2)ccc1OC.I. The lowest BCUT2D eigenvalue weighted by Crippen LogP contribution is -2.36. The first kappa shape index (κ1) is 25.1. The summed E-state index contributed by atoms with van der Waals surface area (Å²) in [6, 6.07) is 13.7. The van der Waals surface area contributed by atoms with Gasteiger partial charge in [0.25, 0.3) is 0 Å². The molecule has 32 heavy (non-hydrogen) atoms. The Bertz CT molecular complexity index is 1070. The van der Waals surface area contributed by atoms with E-state index in [9.17, 15) is 0 Å². The molecule has 1 aromatic heterocycles. The summed E-state index contributed by atoms with van der Waals surface area (Å²) >= 11 is 0. The van der Waals surface area contributed by atoms with Crippen molar-refractivity contribution in [3.8, 4) is 35.3 Å². The summed E-state index contributed by atoms with van der Waals surface area (Å²) in [4.78, 5) is 8.79. The fraction of sp³-hybridized carbons (Fsp3) is 0.250. The summed E-state index contributed by atoms with van der Waals surface area (Å²) in [7, 11) is 3.31. The number of aromatic nitrogens is 1. The van der Waals surface area contributed by atoms with Crippen LogP contribution < -0.4 is 20.1 Å². The van der Waals surface area contributed by atoms with Crippen LogP contribution in [-0.4, -0.2) is 31.7 Å². The Hall–Kier alpha value is -3.19. The summed E-state index contributed by atoms with van der Waals surface area (Å²) < 4.78 is 16.5. The Balaban J connectivity index is 0.00000363. The number of oxazole rings is 1. The van der Waals surface area contributed by atoms with Crippen molar-refractivity contribution in [2.24, 2.45) is 4.99 Å². The monoisotopic (exact) mass is 546 g/mol. The number of nitrogens with one attached hydrogen (secondary N) is 2. The molecule has 0 fully saturated rings. The molecule has 0 spiro atoms. The molecule has 7 nitrogen and oxygen atoms in total. The zero-order valence-corrected chi connectivity index (χ0v) is 20.7. The average Bonchev–Trinajstić information content (AvgIpc) is 3.27. The van der Waals surface area contributed by atoms with E-state index in [-0.39, 0.29) is 30.6 Å².